The fourth-order valence-corrected chi connectivity index (χ4v) is 3.53. The van der Waals surface area contributed by atoms with Crippen molar-refractivity contribution in [3.05, 3.63) is 59.1 Å². The van der Waals surface area contributed by atoms with E-state index >= 15 is 0 Å². The Morgan fingerprint density at radius 3 is 2.40 bits per heavy atom. The highest BCUT2D eigenvalue weighted by Gasteiger charge is 2.16. The van der Waals surface area contributed by atoms with Crippen LogP contribution >= 0.6 is 11.6 Å². The zero-order chi connectivity index (χ0) is 21.2. The Bertz CT molecular complexity index is 736. The number of ether oxygens (including phenoxy) is 3. The van der Waals surface area contributed by atoms with Gasteiger partial charge in [0.1, 0.15) is 24.2 Å². The molecule has 1 N–H and O–H groups in total. The van der Waals surface area contributed by atoms with E-state index in [0.29, 0.717) is 17.3 Å². The quantitative estimate of drug-likeness (QED) is 0.587. The van der Waals surface area contributed by atoms with E-state index in [1.165, 1.54) is 5.56 Å². The molecular formula is C23H31ClN2O4. The number of hydrogen-bond donors (Lipinski definition) is 1. The van der Waals surface area contributed by atoms with Gasteiger partial charge in [0.25, 0.3) is 0 Å². The lowest BCUT2D eigenvalue weighted by atomic mass is 10.2. The van der Waals surface area contributed by atoms with Crippen LogP contribution in [0.4, 0.5) is 0 Å². The lowest BCUT2D eigenvalue weighted by molar-refractivity contribution is 0.0256. The van der Waals surface area contributed by atoms with Crippen molar-refractivity contribution < 1.29 is 19.3 Å². The Morgan fingerprint density at radius 1 is 1.07 bits per heavy atom. The van der Waals surface area contributed by atoms with Crippen molar-refractivity contribution in [3.8, 4) is 11.5 Å². The smallest absolute Gasteiger partial charge is 0.119 e. The first-order valence-corrected chi connectivity index (χ1v) is 10.7. The van der Waals surface area contributed by atoms with Gasteiger partial charge in [-0.1, -0.05) is 23.7 Å². The molecule has 0 unspecified atom stereocenters. The summed E-state index contributed by atoms with van der Waals surface area (Å²) in [6.45, 7) is 6.83. The first-order chi connectivity index (χ1) is 14.6. The van der Waals surface area contributed by atoms with E-state index in [0.717, 1.165) is 51.7 Å². The van der Waals surface area contributed by atoms with E-state index in [4.69, 9.17) is 25.8 Å². The Morgan fingerprint density at radius 2 is 1.73 bits per heavy atom. The monoisotopic (exact) mass is 434 g/mol. The minimum absolute atomic E-state index is 0.234. The summed E-state index contributed by atoms with van der Waals surface area (Å²) >= 11 is 5.91. The van der Waals surface area contributed by atoms with Gasteiger partial charge in [0.05, 0.1) is 20.3 Å². The topological polar surface area (TPSA) is 54.4 Å². The molecule has 1 heterocycles. The number of hydrogen-bond acceptors (Lipinski definition) is 6. The third kappa shape index (κ3) is 7.78. The van der Waals surface area contributed by atoms with Gasteiger partial charge in [0, 0.05) is 44.3 Å². The van der Waals surface area contributed by atoms with Crippen molar-refractivity contribution >= 4 is 11.6 Å². The first-order valence-electron chi connectivity index (χ1n) is 10.3. The van der Waals surface area contributed by atoms with Gasteiger partial charge >= 0.3 is 0 Å². The Labute approximate surface area is 183 Å². The minimum atomic E-state index is -0.594. The lowest BCUT2D eigenvalue weighted by Crippen LogP contribution is -2.43. The molecule has 2 aromatic rings. The molecule has 1 fully saturated rings. The molecule has 0 saturated carbocycles. The van der Waals surface area contributed by atoms with Crippen molar-refractivity contribution in [2.75, 3.05) is 59.7 Å². The van der Waals surface area contributed by atoms with Crippen LogP contribution < -0.4 is 9.47 Å². The number of aliphatic hydroxyl groups is 1. The number of halogens is 1. The Kier molecular flexibility index (Phi) is 9.24. The molecular weight excluding hydrogens is 404 g/mol. The van der Waals surface area contributed by atoms with Gasteiger partial charge in [-0.15, -0.1) is 0 Å². The summed E-state index contributed by atoms with van der Waals surface area (Å²) < 4.78 is 16.4. The molecule has 3 rings (SSSR count). The summed E-state index contributed by atoms with van der Waals surface area (Å²) in [5.41, 5.74) is 1.18. The van der Waals surface area contributed by atoms with Gasteiger partial charge in [0.2, 0.25) is 0 Å². The van der Waals surface area contributed by atoms with Crippen molar-refractivity contribution in [2.24, 2.45) is 0 Å². The molecule has 1 aliphatic heterocycles. The largest absolute Gasteiger partial charge is 0.497 e. The van der Waals surface area contributed by atoms with Gasteiger partial charge in [-0.3, -0.25) is 9.80 Å². The van der Waals surface area contributed by atoms with E-state index in [1.807, 2.05) is 24.3 Å². The van der Waals surface area contributed by atoms with Crippen LogP contribution in [0.5, 0.6) is 11.5 Å². The maximum absolute atomic E-state index is 10.6. The third-order valence-corrected chi connectivity index (χ3v) is 5.38. The zero-order valence-corrected chi connectivity index (χ0v) is 18.3. The van der Waals surface area contributed by atoms with E-state index in [9.17, 15) is 5.11 Å². The number of methoxy groups -OCH3 is 1. The Hall–Kier alpha value is -1.83. The molecule has 30 heavy (non-hydrogen) atoms. The van der Waals surface area contributed by atoms with Gasteiger partial charge in [-0.05, 0) is 42.0 Å². The summed E-state index contributed by atoms with van der Waals surface area (Å²) in [6, 6.07) is 15.2. The third-order valence-electron chi connectivity index (χ3n) is 5.13. The van der Waals surface area contributed by atoms with Crippen LogP contribution in [0.15, 0.2) is 48.5 Å². The highest BCUT2D eigenvalue weighted by molar-refractivity contribution is 6.30. The fourth-order valence-electron chi connectivity index (χ4n) is 3.41. The number of rotatable bonds is 11. The summed E-state index contributed by atoms with van der Waals surface area (Å²) in [6.07, 6.45) is -0.594. The second-order valence-corrected chi connectivity index (χ2v) is 7.89. The molecule has 7 heteroatoms. The molecule has 0 bridgehead atoms. The second-order valence-electron chi connectivity index (χ2n) is 7.46. The van der Waals surface area contributed by atoms with Crippen molar-refractivity contribution in [1.29, 1.82) is 0 Å². The molecule has 0 amide bonds. The van der Waals surface area contributed by atoms with E-state index < -0.39 is 6.10 Å². The number of benzene rings is 2. The van der Waals surface area contributed by atoms with Crippen LogP contribution in [0.2, 0.25) is 5.02 Å². The molecule has 0 spiro atoms. The van der Waals surface area contributed by atoms with E-state index in [1.54, 1.807) is 19.2 Å². The molecule has 6 nitrogen and oxygen atoms in total. The molecule has 0 radical (unpaired) electrons. The van der Waals surface area contributed by atoms with Gasteiger partial charge in [-0.25, -0.2) is 0 Å². The van der Waals surface area contributed by atoms with Crippen LogP contribution in [0.25, 0.3) is 0 Å². The maximum Gasteiger partial charge on any atom is 0.119 e. The van der Waals surface area contributed by atoms with Gasteiger partial charge in [0.15, 0.2) is 0 Å². The normalized spacial score (nSPS) is 15.9. The molecule has 1 atom stereocenters. The summed E-state index contributed by atoms with van der Waals surface area (Å²) in [5.74, 6) is 1.54. The maximum atomic E-state index is 10.6. The van der Waals surface area contributed by atoms with Gasteiger partial charge in [-0.2, -0.15) is 0 Å². The predicted octanol–water partition coefficient (Wildman–Crippen LogP) is 2.92. The van der Waals surface area contributed by atoms with Crippen molar-refractivity contribution in [3.63, 3.8) is 0 Å². The Balaban J connectivity index is 1.54. The summed E-state index contributed by atoms with van der Waals surface area (Å²) in [4.78, 5) is 4.67. The molecule has 2 aromatic carbocycles. The number of morpholine rings is 1. The highest BCUT2D eigenvalue weighted by Crippen LogP contribution is 2.16. The molecule has 1 aliphatic rings. The number of nitrogens with zero attached hydrogens (tertiary/aromatic N) is 2. The fraction of sp³-hybridized carbons (Fsp3) is 0.478. The SMILES string of the molecule is COc1ccc(CN(CCN2CCOCC2)C[C@@H](O)COc2ccc(Cl)cc2)cc1. The average molecular weight is 435 g/mol. The summed E-state index contributed by atoms with van der Waals surface area (Å²) in [7, 11) is 1.67. The zero-order valence-electron chi connectivity index (χ0n) is 17.5. The lowest BCUT2D eigenvalue weighted by Gasteiger charge is -2.31. The number of aliphatic hydroxyl groups excluding tert-OH is 1. The highest BCUT2D eigenvalue weighted by atomic mass is 35.5. The van der Waals surface area contributed by atoms with Crippen LogP contribution in [-0.4, -0.2) is 80.7 Å². The molecule has 164 valence electrons. The van der Waals surface area contributed by atoms with E-state index in [2.05, 4.69) is 21.9 Å². The molecule has 0 aromatic heterocycles. The van der Waals surface area contributed by atoms with Crippen LogP contribution in [0, 0.1) is 0 Å². The minimum Gasteiger partial charge on any atom is -0.497 e. The van der Waals surface area contributed by atoms with E-state index in [-0.39, 0.29) is 6.61 Å². The van der Waals surface area contributed by atoms with Crippen molar-refractivity contribution in [2.45, 2.75) is 12.6 Å². The second kappa shape index (κ2) is 12.1. The standard InChI is InChI=1S/C23H31ClN2O4/c1-28-22-6-2-19(3-7-22)16-26(11-10-25-12-14-29-15-13-25)17-21(27)18-30-23-8-4-20(24)5-9-23/h2-9,21,27H,10-18H2,1H3/t21-/m1/s1. The summed E-state index contributed by atoms with van der Waals surface area (Å²) in [5, 5.41) is 11.2. The first kappa shape index (κ1) is 22.8. The molecule has 0 aliphatic carbocycles. The van der Waals surface area contributed by atoms with Crippen LogP contribution in [-0.2, 0) is 11.3 Å². The van der Waals surface area contributed by atoms with Gasteiger partial charge < -0.3 is 19.3 Å². The average Bonchev–Trinajstić information content (AvgIpc) is 2.78. The van der Waals surface area contributed by atoms with Crippen LogP contribution in [0.1, 0.15) is 5.56 Å². The van der Waals surface area contributed by atoms with Crippen molar-refractivity contribution in [1.82, 2.24) is 9.80 Å². The van der Waals surface area contributed by atoms with Crippen LogP contribution in [0.3, 0.4) is 0 Å². The molecule has 1 saturated heterocycles. The predicted molar refractivity (Wildman–Crippen MR) is 118 cm³/mol.